The summed E-state index contributed by atoms with van der Waals surface area (Å²) in [5.41, 5.74) is 0.250. The molecule has 2 aliphatic heterocycles. The molecule has 1 unspecified atom stereocenters. The van der Waals surface area contributed by atoms with E-state index in [1.165, 1.54) is 16.6 Å². The van der Waals surface area contributed by atoms with Crippen LogP contribution >= 0.6 is 0 Å². The molecule has 2 fully saturated rings. The molecule has 2 heterocycles. The zero-order valence-corrected chi connectivity index (χ0v) is 23.0. The third-order valence-electron chi connectivity index (χ3n) is 6.82. The van der Waals surface area contributed by atoms with Crippen molar-refractivity contribution in [2.24, 2.45) is 0 Å². The summed E-state index contributed by atoms with van der Waals surface area (Å²) >= 11 is 0. The molecule has 0 saturated carbocycles. The van der Waals surface area contributed by atoms with E-state index in [0.717, 1.165) is 0 Å². The van der Waals surface area contributed by atoms with Crippen LogP contribution in [-0.4, -0.2) is 51.7 Å². The summed E-state index contributed by atoms with van der Waals surface area (Å²) in [6, 6.07) is 24.9. The Labute approximate surface area is 220 Å². The number of ether oxygens (including phenoxy) is 4. The van der Waals surface area contributed by atoms with Gasteiger partial charge in [0.05, 0.1) is 12.2 Å². The van der Waals surface area contributed by atoms with Gasteiger partial charge in [-0.2, -0.15) is 10.5 Å². The Bertz CT molecular complexity index is 1140. The van der Waals surface area contributed by atoms with E-state index in [1.807, 2.05) is 32.0 Å². The van der Waals surface area contributed by atoms with E-state index < -0.39 is 38.5 Å². The predicted molar refractivity (Wildman–Crippen MR) is 141 cm³/mol. The van der Waals surface area contributed by atoms with Crippen molar-refractivity contribution in [2.75, 3.05) is 13.2 Å². The number of rotatable bonds is 8. The van der Waals surface area contributed by atoms with Gasteiger partial charge in [0, 0.05) is 0 Å². The average molecular weight is 519 g/mol. The van der Waals surface area contributed by atoms with E-state index in [9.17, 15) is 5.26 Å². The second-order valence-electron chi connectivity index (χ2n) is 10.8. The Morgan fingerprint density at radius 3 is 2.05 bits per heavy atom. The molecule has 0 radical (unpaired) electrons. The van der Waals surface area contributed by atoms with Gasteiger partial charge in [-0.1, -0.05) is 81.4 Å². The molecule has 37 heavy (non-hydrogen) atoms. The van der Waals surface area contributed by atoms with Crippen LogP contribution in [0.2, 0.25) is 5.04 Å². The SMILES string of the molecule is CC1(C)O[C@@H]2[C@@H](CO[Si](c3ccccc3)(c3ccccc3)C(C)(C)C)OC(C(C#N)=COCC#N)[C@@H]2O1. The van der Waals surface area contributed by atoms with Crippen LogP contribution in [0.5, 0.6) is 0 Å². The highest BCUT2D eigenvalue weighted by Gasteiger charge is 2.58. The van der Waals surface area contributed by atoms with Crippen molar-refractivity contribution in [3.63, 3.8) is 0 Å². The first-order valence-corrected chi connectivity index (χ1v) is 14.4. The number of hydrogen-bond acceptors (Lipinski definition) is 7. The number of hydrogen-bond donors (Lipinski definition) is 0. The van der Waals surface area contributed by atoms with Gasteiger partial charge in [-0.05, 0) is 29.3 Å². The quantitative estimate of drug-likeness (QED) is 0.227. The van der Waals surface area contributed by atoms with E-state index in [2.05, 4.69) is 75.4 Å². The van der Waals surface area contributed by atoms with Crippen LogP contribution in [0.25, 0.3) is 0 Å². The molecule has 0 spiro atoms. The summed E-state index contributed by atoms with van der Waals surface area (Å²) in [5, 5.41) is 20.8. The Kier molecular flexibility index (Phi) is 7.89. The van der Waals surface area contributed by atoms with Gasteiger partial charge >= 0.3 is 0 Å². The van der Waals surface area contributed by atoms with Gasteiger partial charge < -0.3 is 23.4 Å². The van der Waals surface area contributed by atoms with E-state index >= 15 is 0 Å². The standard InChI is InChI=1S/C29H34N2O5Si/c1-28(2,3)37(22-12-8-6-9-13-22,23-14-10-7-11-15-23)33-20-24-26-27(36-29(4,5)35-26)25(34-24)21(18-31)19-32-17-16-30/h6-15,19,24-27H,17,20H2,1-5H3/t24-,25?,26-,27+/m1/s1. The van der Waals surface area contributed by atoms with Crippen LogP contribution in [0.3, 0.4) is 0 Å². The van der Waals surface area contributed by atoms with Gasteiger partial charge in [-0.15, -0.1) is 0 Å². The molecule has 0 N–H and O–H groups in total. The normalized spacial score (nSPS) is 25.2. The van der Waals surface area contributed by atoms with E-state index in [0.29, 0.717) is 0 Å². The van der Waals surface area contributed by atoms with Gasteiger partial charge in [-0.25, -0.2) is 0 Å². The molecule has 0 bridgehead atoms. The molecular formula is C29H34N2O5Si. The predicted octanol–water partition coefficient (Wildman–Crippen LogP) is 3.80. The molecule has 4 rings (SSSR count). The summed E-state index contributed by atoms with van der Waals surface area (Å²) in [5.74, 6) is -0.832. The molecule has 8 heteroatoms. The first kappa shape index (κ1) is 27.1. The second kappa shape index (κ2) is 10.8. The fourth-order valence-electron chi connectivity index (χ4n) is 5.36. The highest BCUT2D eigenvalue weighted by molar-refractivity contribution is 6.99. The summed E-state index contributed by atoms with van der Waals surface area (Å²) < 4.78 is 31.1. The van der Waals surface area contributed by atoms with Crippen molar-refractivity contribution in [3.8, 4) is 12.1 Å². The fourth-order valence-corrected chi connectivity index (χ4v) is 9.93. The number of fused-ring (bicyclic) bond motifs is 1. The Balaban J connectivity index is 1.69. The topological polar surface area (TPSA) is 93.7 Å². The number of nitriles is 2. The lowest BCUT2D eigenvalue weighted by atomic mass is 10.0. The average Bonchev–Trinajstić information content (AvgIpc) is 3.36. The van der Waals surface area contributed by atoms with Gasteiger partial charge in [0.25, 0.3) is 8.32 Å². The van der Waals surface area contributed by atoms with Gasteiger partial charge in [0.15, 0.2) is 12.4 Å². The van der Waals surface area contributed by atoms with Gasteiger partial charge in [0.2, 0.25) is 0 Å². The Hall–Kier alpha value is -2.98. The lowest BCUT2D eigenvalue weighted by Crippen LogP contribution is -2.67. The number of benzene rings is 2. The zero-order valence-electron chi connectivity index (χ0n) is 22.0. The van der Waals surface area contributed by atoms with Crippen molar-refractivity contribution in [1.82, 2.24) is 0 Å². The third kappa shape index (κ3) is 5.36. The fraction of sp³-hybridized carbons (Fsp3) is 0.448. The third-order valence-corrected chi connectivity index (χ3v) is 11.8. The largest absolute Gasteiger partial charge is 0.485 e. The minimum Gasteiger partial charge on any atom is -0.485 e. The summed E-state index contributed by atoms with van der Waals surface area (Å²) in [7, 11) is -2.80. The number of nitrogens with zero attached hydrogens (tertiary/aromatic N) is 2. The molecule has 194 valence electrons. The molecule has 2 aromatic rings. The van der Waals surface area contributed by atoms with Crippen LogP contribution in [0, 0.1) is 22.7 Å². The molecular weight excluding hydrogens is 484 g/mol. The Morgan fingerprint density at radius 2 is 1.54 bits per heavy atom. The minimum absolute atomic E-state index is 0.158. The molecule has 0 aromatic heterocycles. The highest BCUT2D eigenvalue weighted by Crippen LogP contribution is 2.42. The van der Waals surface area contributed by atoms with Crippen molar-refractivity contribution in [3.05, 3.63) is 72.5 Å². The second-order valence-corrected chi connectivity index (χ2v) is 15.1. The molecule has 2 aliphatic rings. The first-order chi connectivity index (χ1) is 17.6. The summed E-state index contributed by atoms with van der Waals surface area (Å²) in [6.45, 7) is 10.5. The van der Waals surface area contributed by atoms with E-state index in [-0.39, 0.29) is 23.8 Å². The maximum atomic E-state index is 9.80. The van der Waals surface area contributed by atoms with Crippen LogP contribution < -0.4 is 10.4 Å². The minimum atomic E-state index is -2.80. The molecule has 0 aliphatic carbocycles. The molecule has 4 atom stereocenters. The van der Waals surface area contributed by atoms with Crippen molar-refractivity contribution < 1.29 is 23.4 Å². The van der Waals surface area contributed by atoms with Crippen molar-refractivity contribution in [2.45, 2.75) is 69.9 Å². The summed E-state index contributed by atoms with van der Waals surface area (Å²) in [6.07, 6.45) is -0.801. The monoisotopic (exact) mass is 518 g/mol. The van der Waals surface area contributed by atoms with Crippen LogP contribution in [0.15, 0.2) is 72.5 Å². The molecule has 0 amide bonds. The van der Waals surface area contributed by atoms with Gasteiger partial charge in [-0.3, -0.25) is 0 Å². The van der Waals surface area contributed by atoms with E-state index in [4.69, 9.17) is 28.6 Å². The van der Waals surface area contributed by atoms with Crippen LogP contribution in [0.1, 0.15) is 34.6 Å². The molecule has 7 nitrogen and oxygen atoms in total. The first-order valence-electron chi connectivity index (χ1n) is 12.5. The smallest absolute Gasteiger partial charge is 0.261 e. The molecule has 2 saturated heterocycles. The zero-order chi connectivity index (χ0) is 26.7. The van der Waals surface area contributed by atoms with Crippen LogP contribution in [-0.2, 0) is 23.4 Å². The lowest BCUT2D eigenvalue weighted by molar-refractivity contribution is -0.185. The maximum absolute atomic E-state index is 9.80. The summed E-state index contributed by atoms with van der Waals surface area (Å²) in [4.78, 5) is 0. The van der Waals surface area contributed by atoms with Crippen LogP contribution in [0.4, 0.5) is 0 Å². The van der Waals surface area contributed by atoms with Crippen molar-refractivity contribution >= 4 is 18.7 Å². The lowest BCUT2D eigenvalue weighted by Gasteiger charge is -2.43. The van der Waals surface area contributed by atoms with E-state index in [1.54, 1.807) is 0 Å². The Morgan fingerprint density at radius 1 is 0.973 bits per heavy atom. The highest BCUT2D eigenvalue weighted by atomic mass is 28.4. The van der Waals surface area contributed by atoms with Gasteiger partial charge in [0.1, 0.15) is 42.8 Å². The maximum Gasteiger partial charge on any atom is 0.261 e. The molecule has 2 aromatic carbocycles. The van der Waals surface area contributed by atoms with Crippen molar-refractivity contribution in [1.29, 1.82) is 10.5 Å².